The molecule has 0 unspecified atom stereocenters. The lowest BCUT2D eigenvalue weighted by Gasteiger charge is -2.19. The Kier molecular flexibility index (Phi) is 9.04. The van der Waals surface area contributed by atoms with Crippen molar-refractivity contribution in [1.82, 2.24) is 0 Å². The molecule has 0 atom stereocenters. The molecule has 4 aromatic rings. The topological polar surface area (TPSA) is 27.7 Å². The quantitative estimate of drug-likeness (QED) is 0.180. The van der Waals surface area contributed by atoms with Crippen LogP contribution in [-0.4, -0.2) is 5.33 Å². The Balaban J connectivity index is 1.63. The first-order valence-corrected chi connectivity index (χ1v) is 12.7. The minimum absolute atomic E-state index is 0.435. The lowest BCUT2D eigenvalue weighted by atomic mass is 10.1. The second-order valence-electron chi connectivity index (χ2n) is 8.04. The van der Waals surface area contributed by atoms with Gasteiger partial charge in [0.2, 0.25) is 5.75 Å². The van der Waals surface area contributed by atoms with Crippen molar-refractivity contribution in [2.45, 2.75) is 32.7 Å². The third-order valence-corrected chi connectivity index (χ3v) is 5.94. The third-order valence-electron chi connectivity index (χ3n) is 5.38. The van der Waals surface area contributed by atoms with Crippen molar-refractivity contribution in [3.05, 3.63) is 125 Å². The van der Waals surface area contributed by atoms with Crippen molar-refractivity contribution in [3.63, 3.8) is 0 Å². The number of ether oxygens (including phenoxy) is 3. The molecule has 0 amide bonds. The normalized spacial score (nSPS) is 10.6. The molecule has 174 valence electrons. The van der Waals surface area contributed by atoms with Gasteiger partial charge in [-0.25, -0.2) is 0 Å². The molecular formula is C30H29BrO3. The van der Waals surface area contributed by atoms with E-state index in [2.05, 4.69) is 64.5 Å². The highest BCUT2D eigenvalue weighted by Gasteiger charge is 2.17. The summed E-state index contributed by atoms with van der Waals surface area (Å²) >= 11 is 3.54. The van der Waals surface area contributed by atoms with Crippen molar-refractivity contribution >= 4 is 15.9 Å². The zero-order valence-electron chi connectivity index (χ0n) is 19.2. The van der Waals surface area contributed by atoms with E-state index >= 15 is 0 Å². The number of alkyl halides is 1. The Labute approximate surface area is 210 Å². The van der Waals surface area contributed by atoms with E-state index in [1.807, 2.05) is 54.6 Å². The fraction of sp³-hybridized carbons (Fsp3) is 0.200. The van der Waals surface area contributed by atoms with Gasteiger partial charge in [0.05, 0.1) is 0 Å². The maximum absolute atomic E-state index is 6.33. The van der Waals surface area contributed by atoms with Crippen LogP contribution in [0.2, 0.25) is 0 Å². The summed E-state index contributed by atoms with van der Waals surface area (Å²) in [6.07, 6.45) is 1.95. The molecule has 0 saturated heterocycles. The molecule has 3 nitrogen and oxygen atoms in total. The van der Waals surface area contributed by atoms with Crippen LogP contribution in [0.5, 0.6) is 17.2 Å². The number of hydrogen-bond donors (Lipinski definition) is 0. The van der Waals surface area contributed by atoms with Gasteiger partial charge >= 0.3 is 0 Å². The maximum Gasteiger partial charge on any atom is 0.203 e. The summed E-state index contributed by atoms with van der Waals surface area (Å²) in [4.78, 5) is 0. The highest BCUT2D eigenvalue weighted by molar-refractivity contribution is 9.09. The van der Waals surface area contributed by atoms with Crippen LogP contribution >= 0.6 is 15.9 Å². The predicted molar refractivity (Wildman–Crippen MR) is 141 cm³/mol. The number of benzene rings is 4. The van der Waals surface area contributed by atoms with E-state index in [0.29, 0.717) is 37.1 Å². The number of rotatable bonds is 12. The van der Waals surface area contributed by atoms with Gasteiger partial charge < -0.3 is 14.2 Å². The van der Waals surface area contributed by atoms with Gasteiger partial charge in [0.1, 0.15) is 19.8 Å². The summed E-state index contributed by atoms with van der Waals surface area (Å²) in [6.45, 7) is 1.36. The minimum Gasteiger partial charge on any atom is -0.485 e. The predicted octanol–water partition coefficient (Wildman–Crippen LogP) is 7.75. The van der Waals surface area contributed by atoms with Crippen LogP contribution in [0.4, 0.5) is 0 Å². The smallest absolute Gasteiger partial charge is 0.203 e. The number of aryl methyl sites for hydroxylation is 1. The first kappa shape index (κ1) is 23.9. The van der Waals surface area contributed by atoms with Gasteiger partial charge in [-0.15, -0.1) is 0 Å². The standard InChI is InChI=1S/C30H29BrO3/c31-18-10-17-27-19-28(32-21-24-11-4-1-5-12-24)30(34-23-26-15-8-3-9-16-26)29(20-27)33-22-25-13-6-2-7-14-25/h1-9,11-16,19-20H,10,17-18,21-23H2. The average Bonchev–Trinajstić information content (AvgIpc) is 2.90. The lowest BCUT2D eigenvalue weighted by Crippen LogP contribution is -2.05. The van der Waals surface area contributed by atoms with Crippen LogP contribution < -0.4 is 14.2 Å². The maximum atomic E-state index is 6.33. The van der Waals surface area contributed by atoms with Gasteiger partial charge in [0.15, 0.2) is 11.5 Å². The van der Waals surface area contributed by atoms with Crippen molar-refractivity contribution < 1.29 is 14.2 Å². The van der Waals surface area contributed by atoms with Gasteiger partial charge in [0, 0.05) is 5.33 Å². The summed E-state index contributed by atoms with van der Waals surface area (Å²) < 4.78 is 18.9. The number of hydrogen-bond acceptors (Lipinski definition) is 3. The van der Waals surface area contributed by atoms with Gasteiger partial charge in [-0.05, 0) is 47.2 Å². The molecule has 0 bridgehead atoms. The molecule has 0 aliphatic carbocycles. The second-order valence-corrected chi connectivity index (χ2v) is 8.83. The summed E-state index contributed by atoms with van der Waals surface area (Å²) in [5.41, 5.74) is 4.47. The molecule has 0 fully saturated rings. The summed E-state index contributed by atoms with van der Waals surface area (Å²) in [5, 5.41) is 0.944. The van der Waals surface area contributed by atoms with Crippen molar-refractivity contribution in [1.29, 1.82) is 0 Å². The molecule has 0 radical (unpaired) electrons. The average molecular weight is 517 g/mol. The van der Waals surface area contributed by atoms with Gasteiger partial charge in [-0.3, -0.25) is 0 Å². The van der Waals surface area contributed by atoms with Gasteiger partial charge in [0.25, 0.3) is 0 Å². The highest BCUT2D eigenvalue weighted by atomic mass is 79.9. The summed E-state index contributed by atoms with van der Waals surface area (Å²) in [6, 6.07) is 34.7. The molecule has 4 rings (SSSR count). The number of halogens is 1. The van der Waals surface area contributed by atoms with Gasteiger partial charge in [-0.2, -0.15) is 0 Å². The molecule has 0 saturated carbocycles. The minimum atomic E-state index is 0.435. The zero-order chi connectivity index (χ0) is 23.4. The summed E-state index contributed by atoms with van der Waals surface area (Å²) in [5.74, 6) is 2.04. The lowest BCUT2D eigenvalue weighted by molar-refractivity contribution is 0.229. The molecule has 0 N–H and O–H groups in total. The van der Waals surface area contributed by atoms with E-state index in [-0.39, 0.29) is 0 Å². The van der Waals surface area contributed by atoms with E-state index in [4.69, 9.17) is 14.2 Å². The van der Waals surface area contributed by atoms with Crippen LogP contribution in [-0.2, 0) is 26.2 Å². The molecule has 0 spiro atoms. The molecular weight excluding hydrogens is 488 g/mol. The largest absolute Gasteiger partial charge is 0.485 e. The second kappa shape index (κ2) is 12.9. The Morgan fingerprint density at radius 2 is 0.912 bits per heavy atom. The molecule has 0 aliphatic rings. The van der Waals surface area contributed by atoms with E-state index in [0.717, 1.165) is 40.4 Å². The van der Waals surface area contributed by atoms with Crippen molar-refractivity contribution in [2.75, 3.05) is 5.33 Å². The molecule has 0 aromatic heterocycles. The first-order valence-electron chi connectivity index (χ1n) is 11.5. The Morgan fingerprint density at radius 3 is 1.32 bits per heavy atom. The Bertz CT molecular complexity index is 1070. The van der Waals surface area contributed by atoms with E-state index in [9.17, 15) is 0 Å². The van der Waals surface area contributed by atoms with E-state index in [1.54, 1.807) is 0 Å². The fourth-order valence-electron chi connectivity index (χ4n) is 3.60. The molecule has 0 aliphatic heterocycles. The Hall–Kier alpha value is -3.24. The fourth-order valence-corrected chi connectivity index (χ4v) is 3.88. The summed E-state index contributed by atoms with van der Waals surface area (Å²) in [7, 11) is 0. The van der Waals surface area contributed by atoms with Crippen molar-refractivity contribution in [2.24, 2.45) is 0 Å². The molecule has 4 heteroatoms. The Morgan fingerprint density at radius 1 is 0.500 bits per heavy atom. The highest BCUT2D eigenvalue weighted by Crippen LogP contribution is 2.40. The van der Waals surface area contributed by atoms with Gasteiger partial charge in [-0.1, -0.05) is 107 Å². The molecule has 34 heavy (non-hydrogen) atoms. The molecule has 0 heterocycles. The van der Waals surface area contributed by atoms with Crippen molar-refractivity contribution in [3.8, 4) is 17.2 Å². The monoisotopic (exact) mass is 516 g/mol. The molecule has 4 aromatic carbocycles. The van der Waals surface area contributed by atoms with Crippen LogP contribution in [0.1, 0.15) is 28.7 Å². The van der Waals surface area contributed by atoms with Crippen LogP contribution in [0.3, 0.4) is 0 Å². The van der Waals surface area contributed by atoms with E-state index < -0.39 is 0 Å². The van der Waals surface area contributed by atoms with Crippen LogP contribution in [0, 0.1) is 0 Å². The SMILES string of the molecule is BrCCCc1cc(OCc2ccccc2)c(OCc2ccccc2)c(OCc2ccccc2)c1. The van der Waals surface area contributed by atoms with Crippen LogP contribution in [0.15, 0.2) is 103 Å². The third kappa shape index (κ3) is 7.13. The van der Waals surface area contributed by atoms with Crippen LogP contribution in [0.25, 0.3) is 0 Å². The van der Waals surface area contributed by atoms with E-state index in [1.165, 1.54) is 0 Å². The zero-order valence-corrected chi connectivity index (χ0v) is 20.7. The first-order chi connectivity index (χ1) is 16.8.